The van der Waals surface area contributed by atoms with Crippen LogP contribution in [-0.4, -0.2) is 52.2 Å². The number of aromatic hydroxyl groups is 1. The SMILES string of the molecule is C[C@H]1Cc2cc(C(O)=C3C(=O)C(=O)N(C[C@H]4CCCO4)[C@@H]3c3ccc(O)cc3)ccc2O1. The Labute approximate surface area is 185 Å². The van der Waals surface area contributed by atoms with E-state index in [-0.39, 0.29) is 35.8 Å². The minimum absolute atomic E-state index is 0.0469. The molecule has 2 saturated heterocycles. The highest BCUT2D eigenvalue weighted by Crippen LogP contribution is 2.41. The van der Waals surface area contributed by atoms with Gasteiger partial charge in [0.25, 0.3) is 11.7 Å². The van der Waals surface area contributed by atoms with E-state index in [1.54, 1.807) is 24.3 Å². The van der Waals surface area contributed by atoms with Crippen LogP contribution in [0.3, 0.4) is 0 Å². The lowest BCUT2D eigenvalue weighted by atomic mass is 9.94. The first-order valence-electron chi connectivity index (χ1n) is 10.9. The van der Waals surface area contributed by atoms with Crippen molar-refractivity contribution in [2.45, 2.75) is 44.4 Å². The van der Waals surface area contributed by atoms with Gasteiger partial charge in [0.15, 0.2) is 0 Å². The molecular formula is C25H25NO6. The third kappa shape index (κ3) is 3.52. The summed E-state index contributed by atoms with van der Waals surface area (Å²) in [5.74, 6) is -0.735. The molecule has 2 fully saturated rings. The van der Waals surface area contributed by atoms with Gasteiger partial charge in [0.05, 0.1) is 17.7 Å². The largest absolute Gasteiger partial charge is 0.508 e. The van der Waals surface area contributed by atoms with Gasteiger partial charge in [-0.15, -0.1) is 0 Å². The number of aliphatic hydroxyl groups is 1. The lowest BCUT2D eigenvalue weighted by molar-refractivity contribution is -0.140. The van der Waals surface area contributed by atoms with Crippen LogP contribution >= 0.6 is 0 Å². The number of hydrogen-bond acceptors (Lipinski definition) is 6. The van der Waals surface area contributed by atoms with Crippen molar-refractivity contribution in [3.8, 4) is 11.5 Å². The van der Waals surface area contributed by atoms with Crippen molar-refractivity contribution in [3.05, 3.63) is 64.7 Å². The van der Waals surface area contributed by atoms with Crippen LogP contribution in [0.4, 0.5) is 0 Å². The standard InChI is InChI=1S/C25H25NO6/c1-14-11-17-12-16(6-9-20(17)32-14)23(28)21-22(15-4-7-18(27)8-5-15)26(25(30)24(21)29)13-19-3-2-10-31-19/h4-9,12,14,19,22,27-28H,2-3,10-11,13H2,1H3/t14-,19+,22+/m0/s1. The zero-order valence-corrected chi connectivity index (χ0v) is 17.8. The lowest BCUT2D eigenvalue weighted by Crippen LogP contribution is -2.36. The molecule has 0 bridgehead atoms. The number of phenols is 1. The van der Waals surface area contributed by atoms with Crippen molar-refractivity contribution in [2.75, 3.05) is 13.2 Å². The second-order valence-electron chi connectivity index (χ2n) is 8.63. The Balaban J connectivity index is 1.59. The van der Waals surface area contributed by atoms with Crippen molar-refractivity contribution in [3.63, 3.8) is 0 Å². The van der Waals surface area contributed by atoms with Crippen LogP contribution in [0.15, 0.2) is 48.0 Å². The van der Waals surface area contributed by atoms with Crippen LogP contribution in [0, 0.1) is 0 Å². The fraction of sp³-hybridized carbons (Fsp3) is 0.360. The quantitative estimate of drug-likeness (QED) is 0.435. The van der Waals surface area contributed by atoms with E-state index in [2.05, 4.69) is 0 Å². The molecule has 0 aromatic heterocycles. The highest BCUT2D eigenvalue weighted by atomic mass is 16.5. The van der Waals surface area contributed by atoms with Crippen LogP contribution in [0.25, 0.3) is 5.76 Å². The van der Waals surface area contributed by atoms with E-state index in [1.165, 1.54) is 17.0 Å². The van der Waals surface area contributed by atoms with Crippen molar-refractivity contribution < 1.29 is 29.3 Å². The number of likely N-dealkylation sites (tertiary alicyclic amines) is 1. The van der Waals surface area contributed by atoms with Crippen LogP contribution in [0.5, 0.6) is 11.5 Å². The average Bonchev–Trinajstić information content (AvgIpc) is 3.48. The maximum Gasteiger partial charge on any atom is 0.295 e. The van der Waals surface area contributed by atoms with Crippen molar-refractivity contribution in [1.29, 1.82) is 0 Å². The van der Waals surface area contributed by atoms with Gasteiger partial charge in [-0.05, 0) is 61.2 Å². The van der Waals surface area contributed by atoms with Gasteiger partial charge in [-0.3, -0.25) is 9.59 Å². The van der Waals surface area contributed by atoms with E-state index >= 15 is 0 Å². The molecule has 2 N–H and O–H groups in total. The van der Waals surface area contributed by atoms with Gasteiger partial charge < -0.3 is 24.6 Å². The second-order valence-corrected chi connectivity index (χ2v) is 8.63. The fourth-order valence-electron chi connectivity index (χ4n) is 4.80. The number of ketones is 1. The number of amides is 1. The van der Waals surface area contributed by atoms with Crippen LogP contribution in [0.1, 0.15) is 42.5 Å². The topological polar surface area (TPSA) is 96.3 Å². The molecule has 166 valence electrons. The monoisotopic (exact) mass is 435 g/mol. The van der Waals surface area contributed by atoms with Crippen LogP contribution in [-0.2, 0) is 20.7 Å². The summed E-state index contributed by atoms with van der Waals surface area (Å²) < 4.78 is 11.4. The van der Waals surface area contributed by atoms with E-state index in [4.69, 9.17) is 9.47 Å². The van der Waals surface area contributed by atoms with E-state index in [0.29, 0.717) is 24.2 Å². The number of phenolic OH excluding ortho intramolecular Hbond substituents is 1. The van der Waals surface area contributed by atoms with Gasteiger partial charge in [-0.1, -0.05) is 12.1 Å². The lowest BCUT2D eigenvalue weighted by Gasteiger charge is -2.27. The summed E-state index contributed by atoms with van der Waals surface area (Å²) in [4.78, 5) is 27.6. The predicted molar refractivity (Wildman–Crippen MR) is 116 cm³/mol. The van der Waals surface area contributed by atoms with Gasteiger partial charge >= 0.3 is 0 Å². The van der Waals surface area contributed by atoms with Crippen molar-refractivity contribution in [1.82, 2.24) is 4.90 Å². The Hall–Kier alpha value is -3.32. The summed E-state index contributed by atoms with van der Waals surface area (Å²) in [7, 11) is 0. The molecule has 7 heteroatoms. The third-order valence-electron chi connectivity index (χ3n) is 6.34. The molecule has 2 aromatic carbocycles. The van der Waals surface area contributed by atoms with Gasteiger partial charge in [-0.25, -0.2) is 0 Å². The minimum Gasteiger partial charge on any atom is -0.508 e. The fourth-order valence-corrected chi connectivity index (χ4v) is 4.80. The molecule has 5 rings (SSSR count). The first kappa shape index (κ1) is 20.6. The number of aliphatic hydroxyl groups excluding tert-OH is 1. The summed E-state index contributed by atoms with van der Waals surface area (Å²) in [6, 6.07) is 10.9. The molecule has 7 nitrogen and oxygen atoms in total. The summed E-state index contributed by atoms with van der Waals surface area (Å²) in [5, 5.41) is 21.0. The van der Waals surface area contributed by atoms with Gasteiger partial charge in [0.1, 0.15) is 23.4 Å². The molecule has 32 heavy (non-hydrogen) atoms. The minimum atomic E-state index is -0.761. The molecule has 3 atom stereocenters. The number of ether oxygens (including phenoxy) is 2. The second kappa shape index (κ2) is 7.98. The molecule has 2 aromatic rings. The van der Waals surface area contributed by atoms with Gasteiger partial charge in [0.2, 0.25) is 0 Å². The summed E-state index contributed by atoms with van der Waals surface area (Å²) >= 11 is 0. The Kier molecular flexibility index (Phi) is 5.13. The zero-order valence-electron chi connectivity index (χ0n) is 17.8. The highest BCUT2D eigenvalue weighted by Gasteiger charge is 2.47. The number of hydrogen-bond donors (Lipinski definition) is 2. The Morgan fingerprint density at radius 2 is 1.94 bits per heavy atom. The molecular weight excluding hydrogens is 410 g/mol. The maximum atomic E-state index is 13.1. The Bertz CT molecular complexity index is 1100. The first-order valence-corrected chi connectivity index (χ1v) is 10.9. The summed E-state index contributed by atoms with van der Waals surface area (Å²) in [6.45, 7) is 2.87. The number of benzene rings is 2. The normalized spacial score (nSPS) is 26.4. The summed E-state index contributed by atoms with van der Waals surface area (Å²) in [5.41, 5.74) is 2.11. The molecule has 3 aliphatic heterocycles. The van der Waals surface area contributed by atoms with E-state index in [1.807, 2.05) is 13.0 Å². The third-order valence-corrected chi connectivity index (χ3v) is 6.34. The highest BCUT2D eigenvalue weighted by molar-refractivity contribution is 6.46. The van der Waals surface area contributed by atoms with Crippen molar-refractivity contribution >= 4 is 17.4 Å². The molecule has 0 radical (unpaired) electrons. The van der Waals surface area contributed by atoms with Crippen LogP contribution < -0.4 is 4.74 Å². The number of carbonyl (C=O) groups is 2. The van der Waals surface area contributed by atoms with Gasteiger partial charge in [-0.2, -0.15) is 0 Å². The Morgan fingerprint density at radius 1 is 1.16 bits per heavy atom. The number of carbonyl (C=O) groups excluding carboxylic acids is 2. The Morgan fingerprint density at radius 3 is 2.66 bits per heavy atom. The molecule has 0 saturated carbocycles. The first-order chi connectivity index (χ1) is 15.4. The molecule has 0 unspecified atom stereocenters. The molecule has 1 amide bonds. The van der Waals surface area contributed by atoms with E-state index in [0.717, 1.165) is 24.2 Å². The molecule has 0 spiro atoms. The molecule has 3 aliphatic rings. The van der Waals surface area contributed by atoms with Gasteiger partial charge in [0, 0.05) is 25.1 Å². The van der Waals surface area contributed by atoms with Crippen molar-refractivity contribution in [2.24, 2.45) is 0 Å². The smallest absolute Gasteiger partial charge is 0.295 e. The number of fused-ring (bicyclic) bond motifs is 1. The van der Waals surface area contributed by atoms with E-state index in [9.17, 15) is 19.8 Å². The molecule has 0 aliphatic carbocycles. The number of rotatable bonds is 4. The zero-order chi connectivity index (χ0) is 22.4. The average molecular weight is 435 g/mol. The maximum absolute atomic E-state index is 13.1. The summed E-state index contributed by atoms with van der Waals surface area (Å²) in [6.07, 6.45) is 2.34. The molecule has 3 heterocycles. The predicted octanol–water partition coefficient (Wildman–Crippen LogP) is 3.32. The van der Waals surface area contributed by atoms with E-state index < -0.39 is 17.7 Å². The van der Waals surface area contributed by atoms with Crippen LogP contribution in [0.2, 0.25) is 0 Å². The number of nitrogens with zero attached hydrogens (tertiary/aromatic N) is 1. The number of Topliss-reactive ketones (excluding diaryl/α,β-unsaturated/α-hetero) is 1.